The zero-order valence-electron chi connectivity index (χ0n) is 14.7. The number of carbonyl (C=O) groups is 3. The van der Waals surface area contributed by atoms with Crippen molar-refractivity contribution in [1.29, 1.82) is 0 Å². The van der Waals surface area contributed by atoms with E-state index in [2.05, 4.69) is 4.74 Å². The van der Waals surface area contributed by atoms with Crippen molar-refractivity contribution >= 4 is 23.7 Å². The Morgan fingerprint density at radius 1 is 1.12 bits per heavy atom. The maximum Gasteiger partial charge on any atom is 0.374 e. The molecule has 0 saturated carbocycles. The van der Waals surface area contributed by atoms with Crippen LogP contribution in [0.3, 0.4) is 0 Å². The standard InChI is InChI=1S/C19H19NO6/c1-20(2)17(22)12-26-15-7-4-13(5-8-15)16(21)9-6-14-10-11-25-18(14)19(23)24-3/h4-11H,12H2,1-3H3. The van der Waals surface area contributed by atoms with Crippen LogP contribution in [0.1, 0.15) is 26.5 Å². The first kappa shape index (κ1) is 19.0. The van der Waals surface area contributed by atoms with Gasteiger partial charge in [-0.05, 0) is 42.5 Å². The van der Waals surface area contributed by atoms with Gasteiger partial charge in [-0.3, -0.25) is 9.59 Å². The van der Waals surface area contributed by atoms with Crippen LogP contribution in [0.15, 0.2) is 47.1 Å². The van der Waals surface area contributed by atoms with Gasteiger partial charge in [-0.1, -0.05) is 0 Å². The molecule has 2 rings (SSSR count). The third kappa shape index (κ3) is 4.83. The highest BCUT2D eigenvalue weighted by atomic mass is 16.5. The lowest BCUT2D eigenvalue weighted by Crippen LogP contribution is -2.27. The number of carbonyl (C=O) groups excluding carboxylic acids is 3. The summed E-state index contributed by atoms with van der Waals surface area (Å²) in [5, 5.41) is 0. The second-order valence-corrected chi connectivity index (χ2v) is 5.50. The number of benzene rings is 1. The molecule has 26 heavy (non-hydrogen) atoms. The van der Waals surface area contributed by atoms with E-state index >= 15 is 0 Å². The minimum atomic E-state index is -0.615. The molecule has 2 aromatic rings. The molecule has 0 spiro atoms. The van der Waals surface area contributed by atoms with E-state index in [0.717, 1.165) is 0 Å². The smallest absolute Gasteiger partial charge is 0.374 e. The van der Waals surface area contributed by atoms with Crippen molar-refractivity contribution in [2.75, 3.05) is 27.8 Å². The first-order chi connectivity index (χ1) is 12.4. The fourth-order valence-electron chi connectivity index (χ4n) is 1.96. The summed E-state index contributed by atoms with van der Waals surface area (Å²) in [5.74, 6) is -0.502. The Morgan fingerprint density at radius 3 is 2.42 bits per heavy atom. The number of likely N-dealkylation sites (N-methyl/N-ethyl adjacent to an activating group) is 1. The number of methoxy groups -OCH3 is 1. The van der Waals surface area contributed by atoms with E-state index in [1.807, 2.05) is 0 Å². The van der Waals surface area contributed by atoms with Crippen molar-refractivity contribution in [2.24, 2.45) is 0 Å². The third-order valence-corrected chi connectivity index (χ3v) is 3.48. The summed E-state index contributed by atoms with van der Waals surface area (Å²) in [6, 6.07) is 7.98. The number of hydrogen-bond acceptors (Lipinski definition) is 6. The SMILES string of the molecule is COC(=O)c1occc1C=CC(=O)c1ccc(OCC(=O)N(C)C)cc1. The van der Waals surface area contributed by atoms with Crippen LogP contribution in [0.4, 0.5) is 0 Å². The van der Waals surface area contributed by atoms with E-state index in [-0.39, 0.29) is 24.1 Å². The van der Waals surface area contributed by atoms with Crippen LogP contribution in [0.25, 0.3) is 6.08 Å². The zero-order valence-corrected chi connectivity index (χ0v) is 14.7. The summed E-state index contributed by atoms with van der Waals surface area (Å²) >= 11 is 0. The van der Waals surface area contributed by atoms with Crippen LogP contribution in [0.2, 0.25) is 0 Å². The van der Waals surface area contributed by atoms with Crippen LogP contribution in [0, 0.1) is 0 Å². The molecule has 0 fully saturated rings. The summed E-state index contributed by atoms with van der Waals surface area (Å²) in [5.41, 5.74) is 0.892. The van der Waals surface area contributed by atoms with Gasteiger partial charge >= 0.3 is 5.97 Å². The Labute approximate surface area is 150 Å². The molecule has 0 aliphatic heterocycles. The number of allylic oxidation sites excluding steroid dienone is 1. The number of hydrogen-bond donors (Lipinski definition) is 0. The molecule has 0 N–H and O–H groups in total. The van der Waals surface area contributed by atoms with Crippen molar-refractivity contribution in [3.05, 3.63) is 59.6 Å². The van der Waals surface area contributed by atoms with E-state index in [9.17, 15) is 14.4 Å². The first-order valence-electron chi connectivity index (χ1n) is 7.73. The predicted octanol–water partition coefficient (Wildman–Crippen LogP) is 2.43. The maximum atomic E-state index is 12.2. The number of ketones is 1. The molecule has 1 amide bonds. The Kier molecular flexibility index (Phi) is 6.32. The summed E-state index contributed by atoms with van der Waals surface area (Å²) in [6.45, 7) is -0.0724. The topological polar surface area (TPSA) is 86.0 Å². The molecule has 0 atom stereocenters. The van der Waals surface area contributed by atoms with E-state index in [0.29, 0.717) is 16.9 Å². The Morgan fingerprint density at radius 2 is 1.81 bits per heavy atom. The minimum Gasteiger partial charge on any atom is -0.484 e. The van der Waals surface area contributed by atoms with Gasteiger partial charge in [0.15, 0.2) is 12.4 Å². The van der Waals surface area contributed by atoms with Gasteiger partial charge < -0.3 is 18.8 Å². The number of nitrogens with zero attached hydrogens (tertiary/aromatic N) is 1. The first-order valence-corrected chi connectivity index (χ1v) is 7.73. The molecule has 0 bridgehead atoms. The van der Waals surface area contributed by atoms with Crippen molar-refractivity contribution in [1.82, 2.24) is 4.90 Å². The molecule has 1 aromatic carbocycles. The summed E-state index contributed by atoms with van der Waals surface area (Å²) in [4.78, 5) is 36.7. The summed E-state index contributed by atoms with van der Waals surface area (Å²) in [6.07, 6.45) is 4.17. The Bertz CT molecular complexity index is 817. The Balaban J connectivity index is 2.01. The molecule has 0 aliphatic rings. The van der Waals surface area contributed by atoms with Gasteiger partial charge in [-0.2, -0.15) is 0 Å². The highest BCUT2D eigenvalue weighted by Gasteiger charge is 2.14. The lowest BCUT2D eigenvalue weighted by atomic mass is 10.1. The van der Waals surface area contributed by atoms with Crippen molar-refractivity contribution < 1.29 is 28.3 Å². The molecule has 0 unspecified atom stereocenters. The fourth-order valence-corrected chi connectivity index (χ4v) is 1.96. The van der Waals surface area contributed by atoms with Crippen LogP contribution < -0.4 is 4.74 Å². The average molecular weight is 357 g/mol. The molecule has 0 saturated heterocycles. The molecule has 136 valence electrons. The van der Waals surface area contributed by atoms with Crippen molar-refractivity contribution in [2.45, 2.75) is 0 Å². The van der Waals surface area contributed by atoms with Crippen LogP contribution in [-0.2, 0) is 9.53 Å². The summed E-state index contributed by atoms with van der Waals surface area (Å²) < 4.78 is 15.0. The Hall–Kier alpha value is -3.35. The molecule has 7 nitrogen and oxygen atoms in total. The molecule has 1 heterocycles. The largest absolute Gasteiger partial charge is 0.484 e. The van der Waals surface area contributed by atoms with Gasteiger partial charge in [0.25, 0.3) is 5.91 Å². The quantitative estimate of drug-likeness (QED) is 0.430. The van der Waals surface area contributed by atoms with Crippen LogP contribution in [0.5, 0.6) is 5.75 Å². The molecule has 0 radical (unpaired) electrons. The van der Waals surface area contributed by atoms with Gasteiger partial charge in [0, 0.05) is 25.2 Å². The highest BCUT2D eigenvalue weighted by molar-refractivity contribution is 6.07. The lowest BCUT2D eigenvalue weighted by Gasteiger charge is -2.11. The number of amides is 1. The van der Waals surface area contributed by atoms with Crippen molar-refractivity contribution in [3.63, 3.8) is 0 Å². The van der Waals surface area contributed by atoms with Gasteiger partial charge in [0.2, 0.25) is 5.76 Å². The zero-order chi connectivity index (χ0) is 19.1. The molecule has 1 aromatic heterocycles. The number of ether oxygens (including phenoxy) is 2. The second kappa shape index (κ2) is 8.66. The van der Waals surface area contributed by atoms with Gasteiger partial charge in [-0.25, -0.2) is 4.79 Å². The van der Waals surface area contributed by atoms with Crippen LogP contribution in [-0.4, -0.2) is 50.4 Å². The maximum absolute atomic E-state index is 12.2. The number of rotatable bonds is 7. The van der Waals surface area contributed by atoms with Crippen LogP contribution >= 0.6 is 0 Å². The van der Waals surface area contributed by atoms with Gasteiger partial charge in [-0.15, -0.1) is 0 Å². The van der Waals surface area contributed by atoms with E-state index in [1.165, 1.54) is 30.4 Å². The number of furan rings is 1. The van der Waals surface area contributed by atoms with E-state index < -0.39 is 5.97 Å². The third-order valence-electron chi connectivity index (χ3n) is 3.48. The average Bonchev–Trinajstić information content (AvgIpc) is 3.12. The molecule has 7 heteroatoms. The fraction of sp³-hybridized carbons (Fsp3) is 0.211. The highest BCUT2D eigenvalue weighted by Crippen LogP contribution is 2.16. The van der Waals surface area contributed by atoms with E-state index in [1.54, 1.807) is 44.4 Å². The molecular formula is C19H19NO6. The monoisotopic (exact) mass is 357 g/mol. The lowest BCUT2D eigenvalue weighted by molar-refractivity contribution is -0.130. The van der Waals surface area contributed by atoms with E-state index in [4.69, 9.17) is 9.15 Å². The summed E-state index contributed by atoms with van der Waals surface area (Å²) in [7, 11) is 4.54. The second-order valence-electron chi connectivity index (χ2n) is 5.50. The van der Waals surface area contributed by atoms with Crippen molar-refractivity contribution in [3.8, 4) is 5.75 Å². The van der Waals surface area contributed by atoms with Gasteiger partial charge in [0.1, 0.15) is 5.75 Å². The molecule has 0 aliphatic carbocycles. The minimum absolute atomic E-state index is 0.0332. The number of esters is 1. The normalized spacial score (nSPS) is 10.6. The predicted molar refractivity (Wildman–Crippen MR) is 94.0 cm³/mol. The van der Waals surface area contributed by atoms with Gasteiger partial charge in [0.05, 0.1) is 13.4 Å². The molecular weight excluding hydrogens is 338 g/mol.